The Kier molecular flexibility index (Phi) is 6.88. The fraction of sp³-hybridized carbons (Fsp3) is 0.632. The van der Waals surface area contributed by atoms with Crippen LogP contribution < -0.4 is 10.2 Å². The second kappa shape index (κ2) is 8.90. The van der Waals surface area contributed by atoms with Crippen molar-refractivity contribution < 1.29 is 5.11 Å². The van der Waals surface area contributed by atoms with Gasteiger partial charge in [-0.25, -0.2) is 0 Å². The number of hydrogen-bond acceptors (Lipinski definition) is 4. The van der Waals surface area contributed by atoms with Crippen LogP contribution in [0, 0.1) is 11.3 Å². The molecular formula is C19H29N3O. The number of benzene rings is 1. The molecule has 4 heteroatoms. The van der Waals surface area contributed by atoms with E-state index in [1.165, 1.54) is 18.4 Å². The van der Waals surface area contributed by atoms with Crippen LogP contribution in [-0.4, -0.2) is 30.8 Å². The molecule has 0 bridgehead atoms. The molecule has 1 fully saturated rings. The zero-order valence-electron chi connectivity index (χ0n) is 14.2. The third-order valence-electron chi connectivity index (χ3n) is 4.75. The quantitative estimate of drug-likeness (QED) is 0.759. The van der Waals surface area contributed by atoms with E-state index in [2.05, 4.69) is 40.6 Å². The molecule has 0 aromatic heterocycles. The maximum absolute atomic E-state index is 10.6. The third-order valence-corrected chi connectivity index (χ3v) is 4.75. The smallest absolute Gasteiger partial charge is 0.0771 e. The first-order chi connectivity index (χ1) is 11.1. The van der Waals surface area contributed by atoms with E-state index in [0.717, 1.165) is 44.5 Å². The lowest BCUT2D eigenvalue weighted by Crippen LogP contribution is -2.39. The van der Waals surface area contributed by atoms with Crippen LogP contribution in [-0.2, 0) is 6.54 Å². The van der Waals surface area contributed by atoms with Gasteiger partial charge in [-0.1, -0.05) is 37.8 Å². The van der Waals surface area contributed by atoms with E-state index in [1.54, 1.807) is 0 Å². The average Bonchev–Trinajstić information content (AvgIpc) is 2.78. The van der Waals surface area contributed by atoms with Gasteiger partial charge in [-0.05, 0) is 30.5 Å². The molecule has 126 valence electrons. The summed E-state index contributed by atoms with van der Waals surface area (Å²) in [5, 5.41) is 22.7. The number of nitriles is 1. The lowest BCUT2D eigenvalue weighted by atomic mass is 9.94. The van der Waals surface area contributed by atoms with Crippen molar-refractivity contribution in [3.8, 4) is 6.07 Å². The fourth-order valence-corrected chi connectivity index (χ4v) is 3.22. The largest absolute Gasteiger partial charge is 0.389 e. The van der Waals surface area contributed by atoms with Gasteiger partial charge in [0.1, 0.15) is 0 Å². The molecule has 0 atom stereocenters. The topological polar surface area (TPSA) is 59.3 Å². The van der Waals surface area contributed by atoms with Gasteiger partial charge in [0, 0.05) is 32.4 Å². The minimum absolute atomic E-state index is 0.520. The highest BCUT2D eigenvalue weighted by Gasteiger charge is 2.27. The molecule has 1 aliphatic rings. The van der Waals surface area contributed by atoms with Crippen LogP contribution in [0.3, 0.4) is 0 Å². The Labute approximate surface area is 140 Å². The average molecular weight is 315 g/mol. The van der Waals surface area contributed by atoms with Crippen LogP contribution in [0.2, 0.25) is 0 Å². The molecule has 0 aliphatic heterocycles. The van der Waals surface area contributed by atoms with Crippen molar-refractivity contribution in [1.29, 1.82) is 5.26 Å². The van der Waals surface area contributed by atoms with E-state index in [9.17, 15) is 5.11 Å². The number of anilines is 1. The number of nitrogens with zero attached hydrogens (tertiary/aromatic N) is 2. The fourth-order valence-electron chi connectivity index (χ4n) is 3.22. The van der Waals surface area contributed by atoms with Gasteiger partial charge in [0.2, 0.25) is 0 Å². The van der Waals surface area contributed by atoms with E-state index < -0.39 is 5.60 Å². The molecule has 0 saturated heterocycles. The molecule has 1 aliphatic carbocycles. The van der Waals surface area contributed by atoms with Crippen molar-refractivity contribution >= 4 is 5.69 Å². The molecule has 1 saturated carbocycles. The van der Waals surface area contributed by atoms with E-state index in [1.807, 2.05) is 7.05 Å². The minimum atomic E-state index is -0.520. The highest BCUT2D eigenvalue weighted by molar-refractivity contribution is 5.46. The molecule has 0 heterocycles. The Morgan fingerprint density at radius 1 is 1.17 bits per heavy atom. The first-order valence-electron chi connectivity index (χ1n) is 8.73. The Morgan fingerprint density at radius 3 is 2.43 bits per heavy atom. The van der Waals surface area contributed by atoms with Crippen LogP contribution in [0.25, 0.3) is 0 Å². The van der Waals surface area contributed by atoms with E-state index >= 15 is 0 Å². The number of rotatable bonds is 7. The van der Waals surface area contributed by atoms with Gasteiger partial charge in [0.05, 0.1) is 18.1 Å². The van der Waals surface area contributed by atoms with Crippen molar-refractivity contribution in [1.82, 2.24) is 5.32 Å². The summed E-state index contributed by atoms with van der Waals surface area (Å²) >= 11 is 0. The molecule has 0 spiro atoms. The zero-order valence-corrected chi connectivity index (χ0v) is 14.2. The molecule has 2 rings (SSSR count). The predicted octanol–water partition coefficient (Wildman–Crippen LogP) is 3.21. The second-order valence-corrected chi connectivity index (χ2v) is 6.74. The summed E-state index contributed by atoms with van der Waals surface area (Å²) in [7, 11) is 2.01. The SMILES string of the molecule is CN(CCC#N)c1ccc(CNCC2(O)CCCCCC2)cc1. The lowest BCUT2D eigenvalue weighted by molar-refractivity contribution is 0.0250. The van der Waals surface area contributed by atoms with Gasteiger partial charge >= 0.3 is 0 Å². The van der Waals surface area contributed by atoms with Gasteiger partial charge < -0.3 is 15.3 Å². The summed E-state index contributed by atoms with van der Waals surface area (Å²) in [6.07, 6.45) is 7.17. The lowest BCUT2D eigenvalue weighted by Gasteiger charge is -2.27. The van der Waals surface area contributed by atoms with Crippen LogP contribution in [0.5, 0.6) is 0 Å². The third kappa shape index (κ3) is 5.85. The van der Waals surface area contributed by atoms with Crippen LogP contribution in [0.1, 0.15) is 50.5 Å². The van der Waals surface area contributed by atoms with Crippen molar-refractivity contribution in [3.63, 3.8) is 0 Å². The number of hydrogen-bond donors (Lipinski definition) is 2. The van der Waals surface area contributed by atoms with E-state index in [0.29, 0.717) is 13.0 Å². The van der Waals surface area contributed by atoms with Gasteiger partial charge in [-0.2, -0.15) is 5.26 Å². The van der Waals surface area contributed by atoms with Gasteiger partial charge in [-0.15, -0.1) is 0 Å². The first-order valence-corrected chi connectivity index (χ1v) is 8.73. The number of nitrogens with one attached hydrogen (secondary N) is 1. The molecule has 4 nitrogen and oxygen atoms in total. The standard InChI is InChI=1S/C19H29N3O/c1-22(14-6-13-20)18-9-7-17(8-10-18)15-21-16-19(23)11-4-2-3-5-12-19/h7-10,21,23H,2-6,11-12,14-16H2,1H3. The second-order valence-electron chi connectivity index (χ2n) is 6.74. The summed E-state index contributed by atoms with van der Waals surface area (Å²) in [5.41, 5.74) is 1.83. The summed E-state index contributed by atoms with van der Waals surface area (Å²) in [4.78, 5) is 2.09. The maximum atomic E-state index is 10.6. The minimum Gasteiger partial charge on any atom is -0.389 e. The summed E-state index contributed by atoms with van der Waals surface area (Å²) in [5.74, 6) is 0. The van der Waals surface area contributed by atoms with Crippen LogP contribution in [0.15, 0.2) is 24.3 Å². The van der Waals surface area contributed by atoms with Gasteiger partial charge in [0.25, 0.3) is 0 Å². The van der Waals surface area contributed by atoms with E-state index in [4.69, 9.17) is 5.26 Å². The molecule has 2 N–H and O–H groups in total. The Morgan fingerprint density at radius 2 is 1.83 bits per heavy atom. The molecular weight excluding hydrogens is 286 g/mol. The molecule has 0 amide bonds. The number of aliphatic hydroxyl groups is 1. The molecule has 23 heavy (non-hydrogen) atoms. The van der Waals surface area contributed by atoms with Gasteiger partial charge in [-0.3, -0.25) is 0 Å². The van der Waals surface area contributed by atoms with Crippen molar-refractivity contribution in [3.05, 3.63) is 29.8 Å². The maximum Gasteiger partial charge on any atom is 0.0771 e. The monoisotopic (exact) mass is 315 g/mol. The Balaban J connectivity index is 1.78. The summed E-state index contributed by atoms with van der Waals surface area (Å²) in [6.45, 7) is 2.21. The normalized spacial score (nSPS) is 17.3. The Bertz CT molecular complexity index is 498. The zero-order chi connectivity index (χ0) is 16.5. The van der Waals surface area contributed by atoms with Crippen LogP contribution in [0.4, 0.5) is 5.69 Å². The van der Waals surface area contributed by atoms with Crippen molar-refractivity contribution in [2.75, 3.05) is 25.0 Å². The highest BCUT2D eigenvalue weighted by Crippen LogP contribution is 2.26. The molecule has 0 radical (unpaired) electrons. The van der Waals surface area contributed by atoms with Crippen molar-refractivity contribution in [2.45, 2.75) is 57.1 Å². The van der Waals surface area contributed by atoms with Crippen molar-refractivity contribution in [2.24, 2.45) is 0 Å². The molecule has 1 aromatic rings. The van der Waals surface area contributed by atoms with E-state index in [-0.39, 0.29) is 0 Å². The molecule has 1 aromatic carbocycles. The highest BCUT2D eigenvalue weighted by atomic mass is 16.3. The molecule has 0 unspecified atom stereocenters. The Hall–Kier alpha value is -1.57. The van der Waals surface area contributed by atoms with Gasteiger partial charge in [0.15, 0.2) is 0 Å². The summed E-state index contributed by atoms with van der Waals surface area (Å²) in [6, 6.07) is 10.6. The summed E-state index contributed by atoms with van der Waals surface area (Å²) < 4.78 is 0. The predicted molar refractivity (Wildman–Crippen MR) is 94.3 cm³/mol. The van der Waals surface area contributed by atoms with Crippen LogP contribution >= 0.6 is 0 Å². The first kappa shape index (κ1) is 17.8.